The van der Waals surface area contributed by atoms with Crippen molar-refractivity contribution < 1.29 is 4.79 Å². The number of nitrogens with one attached hydrogen (secondary N) is 1. The van der Waals surface area contributed by atoms with E-state index in [-0.39, 0.29) is 6.04 Å². The second-order valence-corrected chi connectivity index (χ2v) is 5.98. The topological polar surface area (TPSA) is 29.1 Å². The normalized spacial score (nSPS) is 18.0. The molecule has 0 aliphatic carbocycles. The van der Waals surface area contributed by atoms with Gasteiger partial charge in [0.2, 0.25) is 0 Å². The molecule has 1 unspecified atom stereocenters. The molecule has 0 radical (unpaired) electrons. The van der Waals surface area contributed by atoms with Crippen LogP contribution in [0.1, 0.15) is 22.4 Å². The monoisotopic (exact) mass is 271 g/mol. The van der Waals surface area contributed by atoms with Crippen molar-refractivity contribution in [3.63, 3.8) is 0 Å². The number of hydrogen-bond acceptors (Lipinski definition) is 3. The van der Waals surface area contributed by atoms with E-state index in [1.807, 2.05) is 6.07 Å². The Balaban J connectivity index is 1.60. The molecule has 2 aromatic rings. The highest BCUT2D eigenvalue weighted by molar-refractivity contribution is 7.09. The van der Waals surface area contributed by atoms with Crippen LogP contribution in [-0.4, -0.2) is 11.8 Å². The van der Waals surface area contributed by atoms with E-state index in [4.69, 9.17) is 0 Å². The van der Waals surface area contributed by atoms with E-state index >= 15 is 0 Å². The molecule has 2 nitrogen and oxygen atoms in total. The van der Waals surface area contributed by atoms with Gasteiger partial charge in [-0.25, -0.2) is 0 Å². The summed E-state index contributed by atoms with van der Waals surface area (Å²) >= 11 is 1.73. The first-order valence-electron chi connectivity index (χ1n) is 6.68. The van der Waals surface area contributed by atoms with Crippen molar-refractivity contribution in [1.82, 2.24) is 5.32 Å². The molecule has 98 valence electrons. The van der Waals surface area contributed by atoms with E-state index in [2.05, 4.69) is 41.0 Å². The fraction of sp³-hybridized carbons (Fsp3) is 0.312. The van der Waals surface area contributed by atoms with E-state index in [0.29, 0.717) is 12.2 Å². The Bertz CT molecular complexity index is 562. The summed E-state index contributed by atoms with van der Waals surface area (Å²) in [5.74, 6) is 0.336. The maximum absolute atomic E-state index is 12.2. The molecule has 1 N–H and O–H groups in total. The van der Waals surface area contributed by atoms with Gasteiger partial charge in [-0.2, -0.15) is 0 Å². The van der Waals surface area contributed by atoms with Gasteiger partial charge in [0.25, 0.3) is 0 Å². The summed E-state index contributed by atoms with van der Waals surface area (Å²) in [5.41, 5.74) is 2.64. The number of fused-ring (bicyclic) bond motifs is 1. The zero-order valence-electron chi connectivity index (χ0n) is 10.8. The van der Waals surface area contributed by atoms with Crippen molar-refractivity contribution in [2.45, 2.75) is 31.8 Å². The Hall–Kier alpha value is -1.45. The molecule has 1 aromatic carbocycles. The summed E-state index contributed by atoms with van der Waals surface area (Å²) in [5, 5.41) is 5.42. The predicted molar refractivity (Wildman–Crippen MR) is 78.4 cm³/mol. The molecule has 1 aromatic heterocycles. The van der Waals surface area contributed by atoms with Crippen LogP contribution in [0.3, 0.4) is 0 Å². The van der Waals surface area contributed by atoms with E-state index < -0.39 is 0 Å². The van der Waals surface area contributed by atoms with Crippen LogP contribution in [0, 0.1) is 0 Å². The molecule has 0 bridgehead atoms. The summed E-state index contributed by atoms with van der Waals surface area (Å²) in [7, 11) is 0. The number of Topliss-reactive ketones (excluding diaryl/α,β-unsaturated/α-hetero) is 1. The largest absolute Gasteiger partial charge is 0.303 e. The van der Waals surface area contributed by atoms with E-state index in [1.165, 1.54) is 16.0 Å². The van der Waals surface area contributed by atoms with Gasteiger partial charge >= 0.3 is 0 Å². The number of benzene rings is 1. The van der Waals surface area contributed by atoms with Gasteiger partial charge in [-0.1, -0.05) is 30.3 Å². The number of hydrogen-bond donors (Lipinski definition) is 1. The fourth-order valence-corrected chi connectivity index (χ4v) is 3.27. The second kappa shape index (κ2) is 5.68. The molecular weight excluding hydrogens is 254 g/mol. The molecule has 3 rings (SSSR count). The molecule has 0 saturated carbocycles. The minimum absolute atomic E-state index is 0.00476. The highest BCUT2D eigenvalue weighted by Crippen LogP contribution is 2.18. The lowest BCUT2D eigenvalue weighted by Gasteiger charge is -2.25. The number of thiophene rings is 1. The molecule has 19 heavy (non-hydrogen) atoms. The van der Waals surface area contributed by atoms with Crippen LogP contribution in [0.4, 0.5) is 0 Å². The van der Waals surface area contributed by atoms with Gasteiger partial charge in [-0.05, 0) is 35.4 Å². The zero-order chi connectivity index (χ0) is 13.1. The first kappa shape index (κ1) is 12.6. The average Bonchev–Trinajstić information content (AvgIpc) is 2.97. The van der Waals surface area contributed by atoms with Crippen molar-refractivity contribution in [1.29, 1.82) is 0 Å². The molecule has 1 aliphatic heterocycles. The quantitative estimate of drug-likeness (QED) is 0.926. The minimum atomic E-state index is -0.00476. The third kappa shape index (κ3) is 2.94. The maximum atomic E-state index is 12.2. The first-order valence-corrected chi connectivity index (χ1v) is 7.56. The van der Waals surface area contributed by atoms with Gasteiger partial charge in [-0.3, -0.25) is 4.79 Å². The van der Waals surface area contributed by atoms with Gasteiger partial charge in [0.15, 0.2) is 0 Å². The fourth-order valence-electron chi connectivity index (χ4n) is 2.56. The van der Waals surface area contributed by atoms with Crippen molar-refractivity contribution >= 4 is 17.1 Å². The molecule has 3 heteroatoms. The lowest BCUT2D eigenvalue weighted by atomic mass is 9.92. The Morgan fingerprint density at radius 2 is 2.05 bits per heavy atom. The van der Waals surface area contributed by atoms with Crippen molar-refractivity contribution in [3.8, 4) is 0 Å². The Morgan fingerprint density at radius 1 is 1.21 bits per heavy atom. The third-order valence-corrected chi connectivity index (χ3v) is 4.60. The predicted octanol–water partition coefficient (Wildman–Crippen LogP) is 2.96. The van der Waals surface area contributed by atoms with Gasteiger partial charge in [0.05, 0.1) is 6.04 Å². The number of rotatable bonds is 4. The summed E-state index contributed by atoms with van der Waals surface area (Å²) in [4.78, 5) is 13.5. The summed E-state index contributed by atoms with van der Waals surface area (Å²) < 4.78 is 0. The van der Waals surface area contributed by atoms with E-state index in [9.17, 15) is 4.79 Å². The van der Waals surface area contributed by atoms with Gasteiger partial charge < -0.3 is 5.32 Å². The lowest BCUT2D eigenvalue weighted by molar-refractivity contribution is -0.121. The van der Waals surface area contributed by atoms with Gasteiger partial charge in [0, 0.05) is 17.8 Å². The smallest absolute Gasteiger partial charge is 0.150 e. The molecule has 0 fully saturated rings. The number of carbonyl (C=O) groups is 1. The van der Waals surface area contributed by atoms with Gasteiger partial charge in [0.1, 0.15) is 5.78 Å². The van der Waals surface area contributed by atoms with E-state index in [0.717, 1.165) is 19.4 Å². The van der Waals surface area contributed by atoms with Crippen LogP contribution in [-0.2, 0) is 24.2 Å². The SMILES string of the molecule is O=C(CCc1cccs1)C1Cc2ccccc2CN1. The maximum Gasteiger partial charge on any atom is 0.150 e. The third-order valence-electron chi connectivity index (χ3n) is 3.67. The van der Waals surface area contributed by atoms with Crippen LogP contribution in [0.2, 0.25) is 0 Å². The number of aryl methyl sites for hydroxylation is 1. The highest BCUT2D eigenvalue weighted by atomic mass is 32.1. The van der Waals surface area contributed by atoms with Crippen molar-refractivity contribution in [2.24, 2.45) is 0 Å². The molecule has 0 spiro atoms. The van der Waals surface area contributed by atoms with Crippen molar-refractivity contribution in [2.75, 3.05) is 0 Å². The summed E-state index contributed by atoms with van der Waals surface area (Å²) in [6, 6.07) is 12.5. The van der Waals surface area contributed by atoms with Gasteiger partial charge in [-0.15, -0.1) is 11.3 Å². The van der Waals surface area contributed by atoms with Crippen LogP contribution in [0.15, 0.2) is 41.8 Å². The standard InChI is InChI=1S/C16H17NOS/c18-16(8-7-14-6-3-9-19-14)15-10-12-4-1-2-5-13(12)11-17-15/h1-6,9,15,17H,7-8,10-11H2. The molecule has 1 atom stereocenters. The van der Waals surface area contributed by atoms with Crippen LogP contribution in [0.25, 0.3) is 0 Å². The Kier molecular flexibility index (Phi) is 3.76. The lowest BCUT2D eigenvalue weighted by Crippen LogP contribution is -2.41. The average molecular weight is 271 g/mol. The van der Waals surface area contributed by atoms with Crippen LogP contribution >= 0.6 is 11.3 Å². The molecule has 1 aliphatic rings. The molecule has 0 amide bonds. The Morgan fingerprint density at radius 3 is 2.84 bits per heavy atom. The second-order valence-electron chi connectivity index (χ2n) is 4.95. The number of carbonyl (C=O) groups excluding carboxylic acids is 1. The first-order chi connectivity index (χ1) is 9.33. The number of ketones is 1. The zero-order valence-corrected chi connectivity index (χ0v) is 11.6. The van der Waals surface area contributed by atoms with Crippen LogP contribution < -0.4 is 5.32 Å². The molecule has 0 saturated heterocycles. The van der Waals surface area contributed by atoms with Crippen molar-refractivity contribution in [3.05, 3.63) is 57.8 Å². The summed E-state index contributed by atoms with van der Waals surface area (Å²) in [6.45, 7) is 0.811. The minimum Gasteiger partial charge on any atom is -0.303 e. The van der Waals surface area contributed by atoms with Crippen LogP contribution in [0.5, 0.6) is 0 Å². The molecular formula is C16H17NOS. The molecule has 2 heterocycles. The highest BCUT2D eigenvalue weighted by Gasteiger charge is 2.23. The van der Waals surface area contributed by atoms with E-state index in [1.54, 1.807) is 11.3 Å². The Labute approximate surface area is 117 Å². The summed E-state index contributed by atoms with van der Waals surface area (Å²) in [6.07, 6.45) is 2.34.